The van der Waals surface area contributed by atoms with E-state index >= 15 is 0 Å². The van der Waals surface area contributed by atoms with Crippen molar-refractivity contribution in [1.29, 1.82) is 0 Å². The fourth-order valence-corrected chi connectivity index (χ4v) is 4.00. The van der Waals surface area contributed by atoms with Crippen molar-refractivity contribution in [1.82, 2.24) is 14.5 Å². The highest BCUT2D eigenvalue weighted by molar-refractivity contribution is 5.76. The third kappa shape index (κ3) is 5.19. The molecule has 1 aliphatic rings. The van der Waals surface area contributed by atoms with E-state index in [4.69, 9.17) is 10.7 Å². The van der Waals surface area contributed by atoms with E-state index in [1.54, 1.807) is 0 Å². The number of rotatable bonds is 9. The molecule has 1 aliphatic heterocycles. The fourth-order valence-electron chi connectivity index (χ4n) is 4.00. The monoisotopic (exact) mass is 368 g/mol. The summed E-state index contributed by atoms with van der Waals surface area (Å²) < 4.78 is 2.33. The lowest BCUT2D eigenvalue weighted by molar-refractivity contribution is -0.123. The second kappa shape index (κ2) is 9.70. The number of aryl methyl sites for hydroxylation is 1. The molecule has 0 radical (unpaired) electrons. The molecule has 27 heavy (non-hydrogen) atoms. The van der Waals surface area contributed by atoms with Crippen LogP contribution in [0.1, 0.15) is 44.7 Å². The molecule has 0 spiro atoms. The number of primary amides is 1. The molecular formula is C22H32N4O. The number of amides is 1. The van der Waals surface area contributed by atoms with Gasteiger partial charge < -0.3 is 15.2 Å². The van der Waals surface area contributed by atoms with Gasteiger partial charge in [-0.3, -0.25) is 4.79 Å². The van der Waals surface area contributed by atoms with Crippen molar-refractivity contribution < 1.29 is 4.79 Å². The Labute approximate surface area is 162 Å². The maximum absolute atomic E-state index is 11.5. The Hall–Kier alpha value is -2.14. The molecule has 1 saturated heterocycles. The number of imidazole rings is 1. The molecule has 0 aliphatic carbocycles. The maximum atomic E-state index is 11.5. The SMILES string of the molecule is CCCCc1c(-c2ccccc2)ncn1CCCN1CCC[C@@H](C(N)=O)C1. The first-order valence-electron chi connectivity index (χ1n) is 10.3. The lowest BCUT2D eigenvalue weighted by Gasteiger charge is -2.31. The summed E-state index contributed by atoms with van der Waals surface area (Å²) in [7, 11) is 0. The zero-order valence-corrected chi connectivity index (χ0v) is 16.4. The lowest BCUT2D eigenvalue weighted by Crippen LogP contribution is -2.41. The van der Waals surface area contributed by atoms with Gasteiger partial charge in [0.25, 0.3) is 0 Å². The predicted molar refractivity (Wildman–Crippen MR) is 109 cm³/mol. The Morgan fingerprint density at radius 3 is 2.78 bits per heavy atom. The van der Waals surface area contributed by atoms with E-state index in [-0.39, 0.29) is 11.8 Å². The second-order valence-corrected chi connectivity index (χ2v) is 7.60. The fraction of sp³-hybridized carbons (Fsp3) is 0.545. The Bertz CT molecular complexity index is 725. The van der Waals surface area contributed by atoms with E-state index in [0.717, 1.165) is 57.6 Å². The molecule has 2 aromatic rings. The summed E-state index contributed by atoms with van der Waals surface area (Å²) in [6.45, 7) is 6.10. The molecule has 0 unspecified atom stereocenters. The number of carbonyl (C=O) groups excluding carboxylic acids is 1. The van der Waals surface area contributed by atoms with E-state index < -0.39 is 0 Å². The molecule has 1 atom stereocenters. The minimum absolute atomic E-state index is 0.0248. The van der Waals surface area contributed by atoms with Crippen LogP contribution < -0.4 is 5.73 Å². The third-order valence-corrected chi connectivity index (χ3v) is 5.54. The highest BCUT2D eigenvalue weighted by Crippen LogP contribution is 2.24. The normalized spacial score (nSPS) is 17.9. The molecule has 3 rings (SSSR count). The first-order chi connectivity index (χ1) is 13.2. The van der Waals surface area contributed by atoms with Crippen LogP contribution in [0.2, 0.25) is 0 Å². The number of aromatic nitrogens is 2. The zero-order chi connectivity index (χ0) is 19.1. The van der Waals surface area contributed by atoms with Crippen LogP contribution in [-0.4, -0.2) is 40.0 Å². The van der Waals surface area contributed by atoms with Crippen molar-refractivity contribution in [3.8, 4) is 11.3 Å². The van der Waals surface area contributed by atoms with Gasteiger partial charge in [0.15, 0.2) is 0 Å². The minimum atomic E-state index is -0.149. The molecule has 1 fully saturated rings. The molecule has 5 nitrogen and oxygen atoms in total. The number of benzene rings is 1. The summed E-state index contributed by atoms with van der Waals surface area (Å²) in [5.74, 6) is -0.125. The van der Waals surface area contributed by atoms with E-state index in [1.165, 1.54) is 24.1 Å². The van der Waals surface area contributed by atoms with Crippen LogP contribution in [0.4, 0.5) is 0 Å². The first kappa shape index (κ1) is 19.6. The van der Waals surface area contributed by atoms with Gasteiger partial charge >= 0.3 is 0 Å². The maximum Gasteiger partial charge on any atom is 0.221 e. The summed E-state index contributed by atoms with van der Waals surface area (Å²) >= 11 is 0. The van der Waals surface area contributed by atoms with Crippen molar-refractivity contribution in [3.63, 3.8) is 0 Å². The Morgan fingerprint density at radius 1 is 1.22 bits per heavy atom. The molecule has 5 heteroatoms. The van der Waals surface area contributed by atoms with Crippen LogP contribution in [0.25, 0.3) is 11.3 Å². The standard InChI is InChI=1S/C22H32N4O/c1-2-3-12-20-21(18-9-5-4-6-10-18)24-17-26(20)15-8-14-25-13-7-11-19(16-25)22(23)27/h4-6,9-10,17,19H,2-3,7-8,11-16H2,1H3,(H2,23,27)/t19-/m1/s1. The number of nitrogens with zero attached hydrogens (tertiary/aromatic N) is 3. The van der Waals surface area contributed by atoms with Crippen LogP contribution in [-0.2, 0) is 17.8 Å². The van der Waals surface area contributed by atoms with Crippen molar-refractivity contribution in [2.24, 2.45) is 11.7 Å². The van der Waals surface area contributed by atoms with Gasteiger partial charge in [-0.1, -0.05) is 43.7 Å². The average molecular weight is 369 g/mol. The van der Waals surface area contributed by atoms with Gasteiger partial charge in [0, 0.05) is 24.3 Å². The van der Waals surface area contributed by atoms with Crippen LogP contribution in [0.3, 0.4) is 0 Å². The van der Waals surface area contributed by atoms with Crippen LogP contribution in [0, 0.1) is 5.92 Å². The molecule has 2 heterocycles. The number of nitrogens with two attached hydrogens (primary N) is 1. The van der Waals surface area contributed by atoms with Gasteiger partial charge in [-0.05, 0) is 45.2 Å². The quantitative estimate of drug-likeness (QED) is 0.737. The van der Waals surface area contributed by atoms with Gasteiger partial charge in [0.05, 0.1) is 17.9 Å². The number of piperidine rings is 1. The van der Waals surface area contributed by atoms with Gasteiger partial charge in [0.1, 0.15) is 0 Å². The molecule has 1 aromatic carbocycles. The van der Waals surface area contributed by atoms with Crippen LogP contribution in [0.15, 0.2) is 36.7 Å². The summed E-state index contributed by atoms with van der Waals surface area (Å²) in [6.07, 6.45) is 8.49. The number of hydrogen-bond acceptors (Lipinski definition) is 3. The molecule has 146 valence electrons. The van der Waals surface area contributed by atoms with Crippen molar-refractivity contribution in [3.05, 3.63) is 42.4 Å². The van der Waals surface area contributed by atoms with Crippen molar-refractivity contribution in [2.45, 2.75) is 52.0 Å². The Balaban J connectivity index is 1.62. The number of carbonyl (C=O) groups is 1. The molecular weight excluding hydrogens is 336 g/mol. The Morgan fingerprint density at radius 2 is 2.04 bits per heavy atom. The van der Waals surface area contributed by atoms with Crippen molar-refractivity contribution in [2.75, 3.05) is 19.6 Å². The van der Waals surface area contributed by atoms with Gasteiger partial charge in [-0.15, -0.1) is 0 Å². The summed E-state index contributed by atoms with van der Waals surface area (Å²) in [5, 5.41) is 0. The van der Waals surface area contributed by atoms with Gasteiger partial charge in [-0.25, -0.2) is 4.98 Å². The summed E-state index contributed by atoms with van der Waals surface area (Å²) in [6, 6.07) is 10.5. The lowest BCUT2D eigenvalue weighted by atomic mass is 9.97. The van der Waals surface area contributed by atoms with E-state index in [2.05, 4.69) is 40.7 Å². The van der Waals surface area contributed by atoms with Crippen molar-refractivity contribution >= 4 is 5.91 Å². The Kier molecular flexibility index (Phi) is 7.04. The smallest absolute Gasteiger partial charge is 0.221 e. The van der Waals surface area contributed by atoms with Gasteiger partial charge in [0.2, 0.25) is 5.91 Å². The second-order valence-electron chi connectivity index (χ2n) is 7.60. The molecule has 2 N–H and O–H groups in total. The van der Waals surface area contributed by atoms with Crippen LogP contribution in [0.5, 0.6) is 0 Å². The highest BCUT2D eigenvalue weighted by atomic mass is 16.1. The molecule has 0 saturated carbocycles. The topological polar surface area (TPSA) is 64.2 Å². The molecule has 1 aromatic heterocycles. The number of likely N-dealkylation sites (tertiary alicyclic amines) is 1. The molecule has 1 amide bonds. The van der Waals surface area contributed by atoms with E-state index in [1.807, 2.05) is 12.4 Å². The molecule has 0 bridgehead atoms. The highest BCUT2D eigenvalue weighted by Gasteiger charge is 2.23. The zero-order valence-electron chi connectivity index (χ0n) is 16.4. The van der Waals surface area contributed by atoms with E-state index in [9.17, 15) is 4.79 Å². The van der Waals surface area contributed by atoms with E-state index in [0.29, 0.717) is 0 Å². The number of unbranched alkanes of at least 4 members (excludes halogenated alkanes) is 1. The summed E-state index contributed by atoms with van der Waals surface area (Å²) in [5.41, 5.74) is 9.16. The number of hydrogen-bond donors (Lipinski definition) is 1. The third-order valence-electron chi connectivity index (χ3n) is 5.54. The first-order valence-corrected chi connectivity index (χ1v) is 10.3. The van der Waals surface area contributed by atoms with Gasteiger partial charge in [-0.2, -0.15) is 0 Å². The largest absolute Gasteiger partial charge is 0.369 e. The summed E-state index contributed by atoms with van der Waals surface area (Å²) in [4.78, 5) is 18.6. The average Bonchev–Trinajstić information content (AvgIpc) is 3.10. The predicted octanol–water partition coefficient (Wildman–Crippen LogP) is 3.48. The minimum Gasteiger partial charge on any atom is -0.369 e. The van der Waals surface area contributed by atoms with Crippen LogP contribution >= 0.6 is 0 Å².